The highest BCUT2D eigenvalue weighted by atomic mass is 35.5. The van der Waals surface area contributed by atoms with Gasteiger partial charge in [0.05, 0.1) is 42.3 Å². The van der Waals surface area contributed by atoms with Gasteiger partial charge in [-0.3, -0.25) is 4.79 Å². The number of nitrogen functional groups attached to an aromatic ring is 1. The summed E-state index contributed by atoms with van der Waals surface area (Å²) in [6.07, 6.45) is 0.779. The predicted molar refractivity (Wildman–Crippen MR) is 119 cm³/mol. The van der Waals surface area contributed by atoms with Gasteiger partial charge < -0.3 is 25.4 Å². The standard InChI is InChI=1S/C20H20ClN5O4S/c1-28-15-6-3-2-5-12(15)19-24-25-20(26(19)22)31-11-18(27)23-14-10-17-16(9-13(14)21)29-7-4-8-30-17/h2-3,5-6,9-10H,4,7-8,11,22H2,1H3,(H,23,27). The van der Waals surface area contributed by atoms with Gasteiger partial charge >= 0.3 is 0 Å². The molecule has 1 amide bonds. The molecular weight excluding hydrogens is 442 g/mol. The minimum absolute atomic E-state index is 0.0615. The number of amides is 1. The Labute approximate surface area is 187 Å². The molecular formula is C20H20ClN5O4S. The minimum Gasteiger partial charge on any atom is -0.496 e. The molecule has 2 aromatic carbocycles. The lowest BCUT2D eigenvalue weighted by Crippen LogP contribution is -2.17. The van der Waals surface area contributed by atoms with Crippen molar-refractivity contribution < 1.29 is 19.0 Å². The molecule has 1 aliphatic heterocycles. The molecule has 162 valence electrons. The van der Waals surface area contributed by atoms with Gasteiger partial charge in [0.1, 0.15) is 5.75 Å². The van der Waals surface area contributed by atoms with E-state index in [-0.39, 0.29) is 11.7 Å². The zero-order valence-corrected chi connectivity index (χ0v) is 18.2. The molecule has 31 heavy (non-hydrogen) atoms. The monoisotopic (exact) mass is 461 g/mol. The van der Waals surface area contributed by atoms with E-state index in [0.29, 0.717) is 57.7 Å². The maximum atomic E-state index is 12.5. The zero-order valence-electron chi connectivity index (χ0n) is 16.6. The van der Waals surface area contributed by atoms with Crippen LogP contribution in [0.25, 0.3) is 11.4 Å². The highest BCUT2D eigenvalue weighted by Gasteiger charge is 2.18. The highest BCUT2D eigenvalue weighted by Crippen LogP contribution is 2.38. The van der Waals surface area contributed by atoms with Crippen molar-refractivity contribution in [3.8, 4) is 28.6 Å². The number of benzene rings is 2. The molecule has 0 spiro atoms. The molecule has 0 bridgehead atoms. The Balaban J connectivity index is 1.43. The number of anilines is 1. The zero-order chi connectivity index (χ0) is 21.8. The molecule has 3 N–H and O–H groups in total. The molecule has 0 radical (unpaired) electrons. The Morgan fingerprint density at radius 1 is 1.26 bits per heavy atom. The first-order chi connectivity index (χ1) is 15.1. The number of rotatable bonds is 6. The highest BCUT2D eigenvalue weighted by molar-refractivity contribution is 7.99. The Morgan fingerprint density at radius 2 is 2.00 bits per heavy atom. The van der Waals surface area contributed by atoms with Crippen molar-refractivity contribution >= 4 is 35.0 Å². The van der Waals surface area contributed by atoms with E-state index in [9.17, 15) is 4.79 Å². The number of nitrogens with two attached hydrogens (primary N) is 1. The van der Waals surface area contributed by atoms with Crippen molar-refractivity contribution in [2.45, 2.75) is 11.6 Å². The van der Waals surface area contributed by atoms with Crippen molar-refractivity contribution in [2.24, 2.45) is 0 Å². The van der Waals surface area contributed by atoms with Crippen LogP contribution in [0, 0.1) is 0 Å². The Bertz CT molecular complexity index is 1110. The van der Waals surface area contributed by atoms with E-state index in [1.807, 2.05) is 24.3 Å². The molecule has 0 saturated carbocycles. The van der Waals surface area contributed by atoms with Crippen molar-refractivity contribution in [3.05, 3.63) is 41.4 Å². The van der Waals surface area contributed by atoms with E-state index in [2.05, 4.69) is 15.5 Å². The minimum atomic E-state index is -0.275. The summed E-state index contributed by atoms with van der Waals surface area (Å²) in [5.41, 5.74) is 1.15. The third-order valence-corrected chi connectivity index (χ3v) is 5.71. The largest absolute Gasteiger partial charge is 0.496 e. The van der Waals surface area contributed by atoms with Crippen LogP contribution in [0.2, 0.25) is 5.02 Å². The van der Waals surface area contributed by atoms with Gasteiger partial charge in [-0.25, -0.2) is 4.68 Å². The summed E-state index contributed by atoms with van der Waals surface area (Å²) in [6.45, 7) is 1.10. The fraction of sp³-hybridized carbons (Fsp3) is 0.250. The first kappa shape index (κ1) is 21.1. The van der Waals surface area contributed by atoms with E-state index in [4.69, 9.17) is 31.7 Å². The van der Waals surface area contributed by atoms with E-state index in [1.165, 1.54) is 4.68 Å². The fourth-order valence-corrected chi connectivity index (χ4v) is 3.84. The summed E-state index contributed by atoms with van der Waals surface area (Å²) in [5, 5.41) is 11.8. The molecule has 0 aliphatic carbocycles. The van der Waals surface area contributed by atoms with Crippen LogP contribution in [-0.4, -0.2) is 46.9 Å². The van der Waals surface area contributed by atoms with Crippen LogP contribution in [-0.2, 0) is 4.79 Å². The van der Waals surface area contributed by atoms with Crippen LogP contribution in [0.15, 0.2) is 41.6 Å². The second kappa shape index (κ2) is 9.36. The van der Waals surface area contributed by atoms with E-state index < -0.39 is 0 Å². The number of aromatic nitrogens is 3. The SMILES string of the molecule is COc1ccccc1-c1nnc(SCC(=O)Nc2cc3c(cc2Cl)OCCCO3)n1N. The van der Waals surface area contributed by atoms with E-state index >= 15 is 0 Å². The third-order valence-electron chi connectivity index (χ3n) is 4.46. The van der Waals surface area contributed by atoms with Gasteiger partial charge in [-0.05, 0) is 12.1 Å². The number of hydrogen-bond acceptors (Lipinski definition) is 8. The summed E-state index contributed by atoms with van der Waals surface area (Å²) in [7, 11) is 1.57. The van der Waals surface area contributed by atoms with Gasteiger partial charge in [-0.1, -0.05) is 35.5 Å². The fourth-order valence-electron chi connectivity index (χ4n) is 2.98. The number of fused-ring (bicyclic) bond motifs is 1. The Kier molecular flexibility index (Phi) is 6.38. The average molecular weight is 462 g/mol. The smallest absolute Gasteiger partial charge is 0.234 e. The van der Waals surface area contributed by atoms with Crippen LogP contribution in [0.4, 0.5) is 5.69 Å². The first-order valence-electron chi connectivity index (χ1n) is 9.42. The van der Waals surface area contributed by atoms with Crippen molar-refractivity contribution in [3.63, 3.8) is 0 Å². The number of hydrogen-bond donors (Lipinski definition) is 2. The lowest BCUT2D eigenvalue weighted by molar-refractivity contribution is -0.113. The summed E-state index contributed by atoms with van der Waals surface area (Å²) in [4.78, 5) is 12.5. The number of ether oxygens (including phenoxy) is 3. The number of halogens is 1. The number of nitrogens with one attached hydrogen (secondary N) is 1. The molecule has 1 aromatic heterocycles. The third kappa shape index (κ3) is 4.64. The van der Waals surface area contributed by atoms with Gasteiger partial charge in [0.15, 0.2) is 17.3 Å². The van der Waals surface area contributed by atoms with Crippen molar-refractivity contribution in [1.82, 2.24) is 14.9 Å². The second-order valence-electron chi connectivity index (χ2n) is 6.54. The summed E-state index contributed by atoms with van der Waals surface area (Å²) in [6, 6.07) is 10.6. The van der Waals surface area contributed by atoms with Crippen LogP contribution >= 0.6 is 23.4 Å². The Hall–Kier alpha value is -3.11. The maximum Gasteiger partial charge on any atom is 0.234 e. The lowest BCUT2D eigenvalue weighted by atomic mass is 10.2. The number of nitrogens with zero attached hydrogens (tertiary/aromatic N) is 3. The molecule has 4 rings (SSSR count). The molecule has 11 heteroatoms. The number of thioether (sulfide) groups is 1. The molecule has 0 fully saturated rings. The quantitative estimate of drug-likeness (QED) is 0.425. The number of para-hydroxylation sites is 1. The molecule has 0 unspecified atom stereocenters. The van der Waals surface area contributed by atoms with Crippen molar-refractivity contribution in [1.29, 1.82) is 0 Å². The van der Waals surface area contributed by atoms with Crippen LogP contribution in [0.1, 0.15) is 6.42 Å². The van der Waals surface area contributed by atoms with Crippen LogP contribution in [0.3, 0.4) is 0 Å². The molecule has 0 saturated heterocycles. The topological polar surface area (TPSA) is 114 Å². The first-order valence-corrected chi connectivity index (χ1v) is 10.8. The molecule has 2 heterocycles. The number of methoxy groups -OCH3 is 1. The predicted octanol–water partition coefficient (Wildman–Crippen LogP) is 3.21. The van der Waals surface area contributed by atoms with Gasteiger partial charge in [0, 0.05) is 18.6 Å². The van der Waals surface area contributed by atoms with Gasteiger partial charge in [-0.15, -0.1) is 10.2 Å². The summed E-state index contributed by atoms with van der Waals surface area (Å²) in [5.74, 6) is 8.11. The second-order valence-corrected chi connectivity index (χ2v) is 7.89. The Morgan fingerprint density at radius 3 is 2.77 bits per heavy atom. The van der Waals surface area contributed by atoms with Gasteiger partial charge in [-0.2, -0.15) is 0 Å². The van der Waals surface area contributed by atoms with Crippen LogP contribution in [0.5, 0.6) is 17.2 Å². The molecule has 0 atom stereocenters. The summed E-state index contributed by atoms with van der Waals surface area (Å²) < 4.78 is 17.9. The maximum absolute atomic E-state index is 12.5. The van der Waals surface area contributed by atoms with Gasteiger partial charge in [0.2, 0.25) is 11.1 Å². The molecule has 1 aliphatic rings. The van der Waals surface area contributed by atoms with Crippen molar-refractivity contribution in [2.75, 3.05) is 37.2 Å². The number of carbonyl (C=O) groups is 1. The van der Waals surface area contributed by atoms with E-state index in [0.717, 1.165) is 18.2 Å². The number of carbonyl (C=O) groups excluding carboxylic acids is 1. The molecule has 3 aromatic rings. The van der Waals surface area contributed by atoms with Crippen LogP contribution < -0.4 is 25.4 Å². The van der Waals surface area contributed by atoms with E-state index in [1.54, 1.807) is 19.2 Å². The molecule has 9 nitrogen and oxygen atoms in total. The summed E-state index contributed by atoms with van der Waals surface area (Å²) >= 11 is 7.44. The lowest BCUT2D eigenvalue weighted by Gasteiger charge is -2.12. The average Bonchev–Trinajstić information content (AvgIpc) is 2.98. The van der Waals surface area contributed by atoms with Gasteiger partial charge in [0.25, 0.3) is 0 Å². The normalized spacial score (nSPS) is 12.8.